The van der Waals surface area contributed by atoms with Crippen molar-refractivity contribution < 1.29 is 0 Å². The van der Waals surface area contributed by atoms with E-state index >= 15 is 0 Å². The molecule has 0 amide bonds. The number of aryl methyl sites for hydroxylation is 1. The predicted molar refractivity (Wildman–Crippen MR) is 70.8 cm³/mol. The standard InChI is InChI=1S/C12H23N3S/c1-9-10(7-13-12(2,3)4)16-11(14-9)8-15(5)6/h13H,7-8H2,1-6H3. The summed E-state index contributed by atoms with van der Waals surface area (Å²) in [5.74, 6) is 0. The molecule has 0 bridgehead atoms. The van der Waals surface area contributed by atoms with Crippen molar-refractivity contribution in [1.29, 1.82) is 0 Å². The Morgan fingerprint density at radius 2 is 1.94 bits per heavy atom. The van der Waals surface area contributed by atoms with Crippen LogP contribution in [0.15, 0.2) is 0 Å². The van der Waals surface area contributed by atoms with Crippen molar-refractivity contribution in [2.45, 2.75) is 46.3 Å². The van der Waals surface area contributed by atoms with E-state index in [0.29, 0.717) is 0 Å². The largest absolute Gasteiger partial charge is 0.307 e. The van der Waals surface area contributed by atoms with Crippen molar-refractivity contribution in [2.75, 3.05) is 14.1 Å². The van der Waals surface area contributed by atoms with Gasteiger partial charge in [0.15, 0.2) is 0 Å². The lowest BCUT2D eigenvalue weighted by Crippen LogP contribution is -2.34. The maximum absolute atomic E-state index is 4.59. The molecule has 0 aliphatic rings. The summed E-state index contributed by atoms with van der Waals surface area (Å²) < 4.78 is 0. The second-order valence-electron chi connectivity index (χ2n) is 5.46. The van der Waals surface area contributed by atoms with Crippen LogP contribution in [0.4, 0.5) is 0 Å². The molecule has 3 nitrogen and oxygen atoms in total. The highest BCUT2D eigenvalue weighted by Gasteiger charge is 2.12. The summed E-state index contributed by atoms with van der Waals surface area (Å²) in [6.45, 7) is 10.5. The van der Waals surface area contributed by atoms with Crippen LogP contribution in [0.3, 0.4) is 0 Å². The highest BCUT2D eigenvalue weighted by Crippen LogP contribution is 2.19. The maximum Gasteiger partial charge on any atom is 0.107 e. The van der Waals surface area contributed by atoms with Crippen molar-refractivity contribution in [2.24, 2.45) is 0 Å². The average Bonchev–Trinajstić information content (AvgIpc) is 2.40. The third kappa shape index (κ3) is 4.60. The Balaban J connectivity index is 2.63. The van der Waals surface area contributed by atoms with Crippen LogP contribution in [0.2, 0.25) is 0 Å². The zero-order valence-electron chi connectivity index (χ0n) is 11.2. The molecule has 1 rings (SSSR count). The second kappa shape index (κ2) is 5.25. The zero-order chi connectivity index (χ0) is 12.3. The first kappa shape index (κ1) is 13.6. The highest BCUT2D eigenvalue weighted by atomic mass is 32.1. The van der Waals surface area contributed by atoms with Gasteiger partial charge in [-0.1, -0.05) is 0 Å². The smallest absolute Gasteiger partial charge is 0.107 e. The van der Waals surface area contributed by atoms with E-state index in [1.54, 1.807) is 0 Å². The number of rotatable bonds is 4. The molecule has 1 N–H and O–H groups in total. The molecule has 0 saturated heterocycles. The summed E-state index contributed by atoms with van der Waals surface area (Å²) in [7, 11) is 4.15. The molecule has 0 saturated carbocycles. The normalized spacial score (nSPS) is 12.4. The van der Waals surface area contributed by atoms with E-state index in [0.717, 1.165) is 13.1 Å². The zero-order valence-corrected chi connectivity index (χ0v) is 12.0. The highest BCUT2D eigenvalue weighted by molar-refractivity contribution is 7.11. The minimum atomic E-state index is 0.165. The third-order valence-corrected chi connectivity index (χ3v) is 3.31. The quantitative estimate of drug-likeness (QED) is 0.877. The van der Waals surface area contributed by atoms with Crippen LogP contribution >= 0.6 is 11.3 Å². The lowest BCUT2D eigenvalue weighted by molar-refractivity contribution is 0.401. The van der Waals surface area contributed by atoms with Crippen LogP contribution in [-0.2, 0) is 13.1 Å². The van der Waals surface area contributed by atoms with Gasteiger partial charge in [0.2, 0.25) is 0 Å². The number of hydrogen-bond donors (Lipinski definition) is 1. The second-order valence-corrected chi connectivity index (χ2v) is 6.63. The molecule has 0 radical (unpaired) electrons. The molecule has 0 aromatic carbocycles. The first-order valence-electron chi connectivity index (χ1n) is 5.63. The molecule has 16 heavy (non-hydrogen) atoms. The third-order valence-electron chi connectivity index (χ3n) is 2.17. The van der Waals surface area contributed by atoms with E-state index in [1.165, 1.54) is 15.6 Å². The molecular weight excluding hydrogens is 218 g/mol. The molecule has 0 unspecified atom stereocenters. The van der Waals surface area contributed by atoms with Gasteiger partial charge in [0.25, 0.3) is 0 Å². The molecule has 0 atom stereocenters. The summed E-state index contributed by atoms with van der Waals surface area (Å²) in [6.07, 6.45) is 0. The van der Waals surface area contributed by atoms with Gasteiger partial charge in [0, 0.05) is 23.5 Å². The summed E-state index contributed by atoms with van der Waals surface area (Å²) in [4.78, 5) is 8.09. The average molecular weight is 241 g/mol. The van der Waals surface area contributed by atoms with Gasteiger partial charge in [-0.25, -0.2) is 4.98 Å². The minimum absolute atomic E-state index is 0.165. The van der Waals surface area contributed by atoms with Gasteiger partial charge in [-0.05, 0) is 41.8 Å². The topological polar surface area (TPSA) is 28.2 Å². The fourth-order valence-electron chi connectivity index (χ4n) is 1.34. The molecule has 0 fully saturated rings. The predicted octanol–water partition coefficient (Wildman–Crippen LogP) is 2.40. The number of hydrogen-bond acceptors (Lipinski definition) is 4. The van der Waals surface area contributed by atoms with Crippen molar-refractivity contribution in [3.63, 3.8) is 0 Å². The monoisotopic (exact) mass is 241 g/mol. The lowest BCUT2D eigenvalue weighted by atomic mass is 10.1. The fraction of sp³-hybridized carbons (Fsp3) is 0.750. The van der Waals surface area contributed by atoms with Gasteiger partial charge >= 0.3 is 0 Å². The van der Waals surface area contributed by atoms with Gasteiger partial charge in [-0.3, -0.25) is 0 Å². The van der Waals surface area contributed by atoms with E-state index in [1.807, 2.05) is 11.3 Å². The molecule has 0 spiro atoms. The molecule has 1 aromatic heterocycles. The van der Waals surface area contributed by atoms with Crippen LogP contribution in [0.1, 0.15) is 36.3 Å². The Hall–Kier alpha value is -0.450. The van der Waals surface area contributed by atoms with E-state index in [9.17, 15) is 0 Å². The minimum Gasteiger partial charge on any atom is -0.307 e. The number of nitrogens with zero attached hydrogens (tertiary/aromatic N) is 2. The number of aromatic nitrogens is 1. The van der Waals surface area contributed by atoms with Gasteiger partial charge in [0.1, 0.15) is 5.01 Å². The Kier molecular flexibility index (Phi) is 4.47. The van der Waals surface area contributed by atoms with E-state index in [-0.39, 0.29) is 5.54 Å². The van der Waals surface area contributed by atoms with Gasteiger partial charge in [-0.2, -0.15) is 0 Å². The van der Waals surface area contributed by atoms with E-state index < -0.39 is 0 Å². The Morgan fingerprint density at radius 1 is 1.31 bits per heavy atom. The summed E-state index contributed by atoms with van der Waals surface area (Å²) in [5, 5.41) is 4.70. The lowest BCUT2D eigenvalue weighted by Gasteiger charge is -2.19. The van der Waals surface area contributed by atoms with Gasteiger partial charge < -0.3 is 10.2 Å². The summed E-state index contributed by atoms with van der Waals surface area (Å²) in [5.41, 5.74) is 1.33. The van der Waals surface area contributed by atoms with Crippen molar-refractivity contribution in [1.82, 2.24) is 15.2 Å². The molecule has 92 valence electrons. The summed E-state index contributed by atoms with van der Waals surface area (Å²) >= 11 is 1.81. The van der Waals surface area contributed by atoms with Crippen LogP contribution in [0, 0.1) is 6.92 Å². The first-order valence-corrected chi connectivity index (χ1v) is 6.44. The van der Waals surface area contributed by atoms with Crippen molar-refractivity contribution in [3.05, 3.63) is 15.6 Å². The number of nitrogens with one attached hydrogen (secondary N) is 1. The SMILES string of the molecule is Cc1nc(CN(C)C)sc1CNC(C)(C)C. The molecule has 0 aliphatic heterocycles. The number of thiazole rings is 1. The Morgan fingerprint density at radius 3 is 2.44 bits per heavy atom. The van der Waals surface area contributed by atoms with Crippen molar-refractivity contribution in [3.8, 4) is 0 Å². The maximum atomic E-state index is 4.59. The van der Waals surface area contributed by atoms with E-state index in [2.05, 4.69) is 57.0 Å². The van der Waals surface area contributed by atoms with Crippen LogP contribution in [-0.4, -0.2) is 29.5 Å². The van der Waals surface area contributed by atoms with Crippen LogP contribution in [0.5, 0.6) is 0 Å². The molecule has 1 heterocycles. The Bertz CT molecular complexity index is 337. The first-order chi connectivity index (χ1) is 7.28. The molecule has 4 heteroatoms. The molecule has 0 aliphatic carbocycles. The molecular formula is C12H23N3S. The summed E-state index contributed by atoms with van der Waals surface area (Å²) in [6, 6.07) is 0. The molecule has 1 aromatic rings. The van der Waals surface area contributed by atoms with Crippen LogP contribution in [0.25, 0.3) is 0 Å². The van der Waals surface area contributed by atoms with Gasteiger partial charge in [0.05, 0.1) is 5.69 Å². The van der Waals surface area contributed by atoms with Gasteiger partial charge in [-0.15, -0.1) is 11.3 Å². The van der Waals surface area contributed by atoms with E-state index in [4.69, 9.17) is 0 Å². The fourth-order valence-corrected chi connectivity index (χ4v) is 2.46. The van der Waals surface area contributed by atoms with Crippen molar-refractivity contribution >= 4 is 11.3 Å². The Labute approximate surface area is 103 Å². The van der Waals surface area contributed by atoms with Crippen LogP contribution < -0.4 is 5.32 Å².